The molecule has 0 saturated carbocycles. The van der Waals surface area contributed by atoms with Crippen LogP contribution in [0.25, 0.3) is 0 Å². The first-order valence-corrected chi connectivity index (χ1v) is 11.4. The average Bonchev–Trinajstić information content (AvgIpc) is 2.67. The summed E-state index contributed by atoms with van der Waals surface area (Å²) in [4.78, 5) is 26.6. The lowest BCUT2D eigenvalue weighted by molar-refractivity contribution is -0.118. The van der Waals surface area contributed by atoms with E-state index in [1.807, 2.05) is 31.2 Å². The van der Waals surface area contributed by atoms with Crippen molar-refractivity contribution in [2.75, 3.05) is 23.0 Å². The van der Waals surface area contributed by atoms with Gasteiger partial charge in [0.2, 0.25) is 11.8 Å². The molecule has 1 aliphatic heterocycles. The summed E-state index contributed by atoms with van der Waals surface area (Å²) in [6, 6.07) is 12.2. The van der Waals surface area contributed by atoms with Crippen molar-refractivity contribution in [1.82, 2.24) is 0 Å². The van der Waals surface area contributed by atoms with Gasteiger partial charge in [-0.05, 0) is 44.2 Å². The van der Waals surface area contributed by atoms with E-state index in [1.165, 1.54) is 35.7 Å². The molecule has 2 aromatic carbocycles. The lowest BCUT2D eigenvalue weighted by atomic mass is 10.2. The molecule has 1 aliphatic rings. The Kier molecular flexibility index (Phi) is 5.81. The molecule has 6 nitrogen and oxygen atoms in total. The molecule has 2 aromatic rings. The van der Waals surface area contributed by atoms with Gasteiger partial charge in [0, 0.05) is 24.1 Å². The number of amides is 2. The first-order chi connectivity index (χ1) is 13.2. The van der Waals surface area contributed by atoms with Gasteiger partial charge >= 0.3 is 0 Å². The summed E-state index contributed by atoms with van der Waals surface area (Å²) < 4.78 is 25.9. The summed E-state index contributed by atoms with van der Waals surface area (Å²) in [7, 11) is -2.08. The third kappa shape index (κ3) is 4.23. The molecule has 1 N–H and O–H groups in total. The highest BCUT2D eigenvalue weighted by Gasteiger charge is 2.28. The molecule has 1 unspecified atom stereocenters. The minimum atomic E-state index is -3.72. The number of nitrogens with zero attached hydrogens (tertiary/aromatic N) is 1. The maximum Gasteiger partial charge on any atom is 0.234 e. The monoisotopic (exact) mass is 418 g/mol. The zero-order chi connectivity index (χ0) is 20.5. The molecular formula is C20H22N2O4S2. The van der Waals surface area contributed by atoms with Crippen molar-refractivity contribution < 1.29 is 18.0 Å². The predicted molar refractivity (Wildman–Crippen MR) is 112 cm³/mol. The fraction of sp³-hybridized carbons (Fsp3) is 0.300. The quantitative estimate of drug-likeness (QED) is 0.806. The zero-order valence-electron chi connectivity index (χ0n) is 15.9. The molecule has 2 amide bonds. The standard InChI is InChI=1S/C20H22N2O4S2/c1-13-4-6-15(7-5-13)22(3)20(24)10-14(2)28(25,26)16-8-9-18-17(11-16)21-19(23)12-27-18/h4-9,11,14H,10,12H2,1-3H3,(H,21,23). The Hall–Kier alpha value is -2.32. The molecule has 0 aliphatic carbocycles. The number of carbonyl (C=O) groups is 2. The summed E-state index contributed by atoms with van der Waals surface area (Å²) >= 11 is 1.37. The lowest BCUT2D eigenvalue weighted by Crippen LogP contribution is -2.32. The van der Waals surface area contributed by atoms with Gasteiger partial charge < -0.3 is 10.2 Å². The largest absolute Gasteiger partial charge is 0.324 e. The van der Waals surface area contributed by atoms with Crippen LogP contribution in [0.5, 0.6) is 0 Å². The van der Waals surface area contributed by atoms with E-state index in [9.17, 15) is 18.0 Å². The Morgan fingerprint density at radius 2 is 1.89 bits per heavy atom. The SMILES string of the molecule is Cc1ccc(N(C)C(=O)CC(C)S(=O)(=O)c2ccc3c(c2)NC(=O)CS3)cc1. The van der Waals surface area contributed by atoms with Crippen LogP contribution in [0.4, 0.5) is 11.4 Å². The van der Waals surface area contributed by atoms with Gasteiger partial charge in [-0.3, -0.25) is 9.59 Å². The first kappa shape index (κ1) is 20.4. The van der Waals surface area contributed by atoms with E-state index in [-0.39, 0.29) is 23.1 Å². The van der Waals surface area contributed by atoms with E-state index in [4.69, 9.17) is 0 Å². The second-order valence-electron chi connectivity index (χ2n) is 6.84. The molecular weight excluding hydrogens is 396 g/mol. The molecule has 148 valence electrons. The van der Waals surface area contributed by atoms with Crippen LogP contribution < -0.4 is 10.2 Å². The summed E-state index contributed by atoms with van der Waals surface area (Å²) in [5.41, 5.74) is 2.30. The number of benzene rings is 2. The minimum Gasteiger partial charge on any atom is -0.324 e. The van der Waals surface area contributed by atoms with Gasteiger partial charge in [-0.15, -0.1) is 11.8 Å². The highest BCUT2D eigenvalue weighted by molar-refractivity contribution is 8.00. The Morgan fingerprint density at radius 1 is 1.21 bits per heavy atom. The number of anilines is 2. The Labute approximate surface area is 169 Å². The van der Waals surface area contributed by atoms with Crippen molar-refractivity contribution in [3.63, 3.8) is 0 Å². The van der Waals surface area contributed by atoms with E-state index in [1.54, 1.807) is 13.1 Å². The smallest absolute Gasteiger partial charge is 0.234 e. The van der Waals surface area contributed by atoms with Crippen molar-refractivity contribution in [2.45, 2.75) is 35.3 Å². The van der Waals surface area contributed by atoms with E-state index in [2.05, 4.69) is 5.32 Å². The molecule has 0 saturated heterocycles. The number of rotatable bonds is 5. The van der Waals surface area contributed by atoms with Crippen LogP contribution in [0, 0.1) is 6.92 Å². The van der Waals surface area contributed by atoms with Crippen LogP contribution in [0.2, 0.25) is 0 Å². The van der Waals surface area contributed by atoms with Crippen LogP contribution in [0.1, 0.15) is 18.9 Å². The number of carbonyl (C=O) groups excluding carboxylic acids is 2. The van der Waals surface area contributed by atoms with E-state index < -0.39 is 15.1 Å². The fourth-order valence-corrected chi connectivity index (χ4v) is 5.03. The van der Waals surface area contributed by atoms with Gasteiger partial charge in [0.25, 0.3) is 0 Å². The third-order valence-electron chi connectivity index (χ3n) is 4.70. The maximum absolute atomic E-state index is 12.9. The van der Waals surface area contributed by atoms with E-state index in [0.717, 1.165) is 10.5 Å². The number of sulfone groups is 1. The van der Waals surface area contributed by atoms with Crippen molar-refractivity contribution in [3.05, 3.63) is 48.0 Å². The average molecular weight is 419 g/mol. The highest BCUT2D eigenvalue weighted by atomic mass is 32.2. The predicted octanol–water partition coefficient (Wildman–Crippen LogP) is 3.25. The van der Waals surface area contributed by atoms with Crippen molar-refractivity contribution in [1.29, 1.82) is 0 Å². The first-order valence-electron chi connectivity index (χ1n) is 8.82. The highest BCUT2D eigenvalue weighted by Crippen LogP contribution is 2.34. The lowest BCUT2D eigenvalue weighted by Gasteiger charge is -2.21. The third-order valence-corrected chi connectivity index (χ3v) is 7.91. The van der Waals surface area contributed by atoms with Gasteiger partial charge in [0.1, 0.15) is 0 Å². The van der Waals surface area contributed by atoms with Crippen LogP contribution in [0.15, 0.2) is 52.3 Å². The van der Waals surface area contributed by atoms with Crippen LogP contribution in [0.3, 0.4) is 0 Å². The Bertz CT molecular complexity index is 1020. The van der Waals surface area contributed by atoms with Crippen LogP contribution >= 0.6 is 11.8 Å². The number of aryl methyl sites for hydroxylation is 1. The number of fused-ring (bicyclic) bond motifs is 1. The molecule has 8 heteroatoms. The van der Waals surface area contributed by atoms with E-state index >= 15 is 0 Å². The van der Waals surface area contributed by atoms with Gasteiger partial charge in [0.15, 0.2) is 9.84 Å². The second-order valence-corrected chi connectivity index (χ2v) is 10.2. The zero-order valence-corrected chi connectivity index (χ0v) is 17.6. The van der Waals surface area contributed by atoms with E-state index in [0.29, 0.717) is 17.1 Å². The number of hydrogen-bond donors (Lipinski definition) is 1. The van der Waals surface area contributed by atoms with Gasteiger partial charge in [0.05, 0.1) is 21.6 Å². The molecule has 0 bridgehead atoms. The fourth-order valence-electron chi connectivity index (χ4n) is 2.88. The maximum atomic E-state index is 12.9. The molecule has 1 atom stereocenters. The summed E-state index contributed by atoms with van der Waals surface area (Å²) in [6.07, 6.45) is -0.134. The summed E-state index contributed by atoms with van der Waals surface area (Å²) in [6.45, 7) is 3.49. The van der Waals surface area contributed by atoms with Crippen molar-refractivity contribution >= 4 is 44.8 Å². The van der Waals surface area contributed by atoms with Crippen molar-refractivity contribution in [3.8, 4) is 0 Å². The van der Waals surface area contributed by atoms with Crippen LogP contribution in [-0.4, -0.2) is 38.3 Å². The molecule has 28 heavy (non-hydrogen) atoms. The molecule has 3 rings (SSSR count). The minimum absolute atomic E-state index is 0.104. The molecule has 0 aromatic heterocycles. The summed E-state index contributed by atoms with van der Waals surface area (Å²) in [5.74, 6) is -0.119. The van der Waals surface area contributed by atoms with Crippen LogP contribution in [-0.2, 0) is 19.4 Å². The topological polar surface area (TPSA) is 83.6 Å². The normalized spacial score (nSPS) is 14.8. The second kappa shape index (κ2) is 7.97. The van der Waals surface area contributed by atoms with Gasteiger partial charge in [-0.25, -0.2) is 8.42 Å². The summed E-state index contributed by atoms with van der Waals surface area (Å²) in [5, 5.41) is 1.81. The Morgan fingerprint density at radius 3 is 2.57 bits per heavy atom. The molecule has 0 spiro atoms. The number of thioether (sulfide) groups is 1. The van der Waals surface area contributed by atoms with Gasteiger partial charge in [-0.1, -0.05) is 17.7 Å². The molecule has 0 radical (unpaired) electrons. The van der Waals surface area contributed by atoms with Crippen molar-refractivity contribution in [2.24, 2.45) is 0 Å². The number of hydrogen-bond acceptors (Lipinski definition) is 5. The molecule has 1 heterocycles. The Balaban J connectivity index is 1.76. The van der Waals surface area contributed by atoms with Gasteiger partial charge in [-0.2, -0.15) is 0 Å². The molecule has 0 fully saturated rings. The number of nitrogens with one attached hydrogen (secondary N) is 1.